The molecule has 7 heteroatoms. The summed E-state index contributed by atoms with van der Waals surface area (Å²) >= 11 is 0. The molecule has 0 spiro atoms. The van der Waals surface area contributed by atoms with Crippen LogP contribution in [0.2, 0.25) is 0 Å². The molecule has 7 N–H and O–H groups in total. The molecule has 0 aliphatic heterocycles. The Balaban J connectivity index is 2.80. The van der Waals surface area contributed by atoms with Crippen LogP contribution in [0.15, 0.2) is 12.1 Å². The number of hydrogen-bond acceptors (Lipinski definition) is 2. The molecule has 0 saturated heterocycles. The Bertz CT molecular complexity index is 409. The van der Waals surface area contributed by atoms with E-state index in [2.05, 4.69) is 15.6 Å². The van der Waals surface area contributed by atoms with Crippen LogP contribution in [0.3, 0.4) is 0 Å². The number of amides is 2. The summed E-state index contributed by atoms with van der Waals surface area (Å²) < 4.78 is 0. The molecule has 1 aromatic rings. The number of nitrogens with two attached hydrogens (primary N) is 2. The highest BCUT2D eigenvalue weighted by molar-refractivity contribution is 6.03. The molecule has 15 heavy (non-hydrogen) atoms. The Labute approximate surface area is 85.5 Å². The van der Waals surface area contributed by atoms with Crippen molar-refractivity contribution < 1.29 is 15.0 Å². The summed E-state index contributed by atoms with van der Waals surface area (Å²) in [5.41, 5.74) is 5.59. The molecule has 0 radical (unpaired) electrons. The second-order valence-electron chi connectivity index (χ2n) is 2.77. The normalized spacial score (nSPS) is 9.40. The third-order valence-corrected chi connectivity index (χ3v) is 1.66. The third kappa shape index (κ3) is 2.56. The van der Waals surface area contributed by atoms with Crippen molar-refractivity contribution in [2.45, 2.75) is 0 Å². The van der Waals surface area contributed by atoms with Gasteiger partial charge in [0.25, 0.3) is 5.91 Å². The van der Waals surface area contributed by atoms with Crippen molar-refractivity contribution in [3.8, 4) is 0 Å². The molecule has 0 fully saturated rings. The average Bonchev–Trinajstić information content (AvgIpc) is 2.64. The zero-order valence-electron chi connectivity index (χ0n) is 8.13. The fourth-order valence-electron chi connectivity index (χ4n) is 0.993. The third-order valence-electron chi connectivity index (χ3n) is 1.66. The van der Waals surface area contributed by atoms with Gasteiger partial charge in [0.15, 0.2) is 0 Å². The van der Waals surface area contributed by atoms with Crippen LogP contribution in [0.4, 0.5) is 0 Å². The van der Waals surface area contributed by atoms with Gasteiger partial charge in [-0.3, -0.25) is 15.9 Å². The molecule has 1 aromatic heterocycles. The topological polar surface area (TPSA) is 126 Å². The van der Waals surface area contributed by atoms with Crippen LogP contribution in [0, 0.1) is 0 Å². The van der Waals surface area contributed by atoms with Crippen molar-refractivity contribution >= 4 is 17.8 Å². The van der Waals surface area contributed by atoms with E-state index < -0.39 is 5.91 Å². The minimum atomic E-state index is -0.495. The molecule has 0 unspecified atom stereocenters. The highest BCUT2D eigenvalue weighted by Gasteiger charge is 2.14. The minimum absolute atomic E-state index is 0.198. The van der Waals surface area contributed by atoms with Gasteiger partial charge in [-0.05, 0) is 12.1 Å². The van der Waals surface area contributed by atoms with E-state index in [9.17, 15) is 9.59 Å². The van der Waals surface area contributed by atoms with Gasteiger partial charge in [0, 0.05) is 7.05 Å². The van der Waals surface area contributed by atoms with Gasteiger partial charge in [-0.2, -0.15) is 0 Å². The number of nitrogens with one attached hydrogen (secondary N) is 3. The molecule has 0 aliphatic rings. The van der Waals surface area contributed by atoms with Crippen molar-refractivity contribution in [2.24, 2.45) is 5.73 Å². The lowest BCUT2D eigenvalue weighted by Crippen LogP contribution is -2.56. The standard InChI is InChI=1S/C8H11N5O2/c1-11-6(14)4-2-3-5(12-4)7(15)13-8(9)10/h2-3,12H,1H3,(H,11,14)(H4,9,10,13,15)/p+1. The lowest BCUT2D eigenvalue weighted by atomic mass is 10.4. The molecule has 1 rings (SSSR count). The van der Waals surface area contributed by atoms with E-state index >= 15 is 0 Å². The zero-order chi connectivity index (χ0) is 11.4. The lowest BCUT2D eigenvalue weighted by molar-refractivity contribution is -0.119. The van der Waals surface area contributed by atoms with Crippen LogP contribution in [-0.4, -0.2) is 29.8 Å². The number of H-pyrrole nitrogens is 1. The van der Waals surface area contributed by atoms with E-state index in [1.54, 1.807) is 0 Å². The summed E-state index contributed by atoms with van der Waals surface area (Å²) in [5.74, 6) is -1.00. The second kappa shape index (κ2) is 4.27. The summed E-state index contributed by atoms with van der Waals surface area (Å²) in [5, 5.41) is 9.71. The maximum Gasteiger partial charge on any atom is 0.346 e. The summed E-state index contributed by atoms with van der Waals surface area (Å²) in [6.07, 6.45) is 0. The molecule has 1 heterocycles. The number of carbonyl (C=O) groups excluding carboxylic acids is 2. The molecule has 0 saturated carbocycles. The van der Waals surface area contributed by atoms with Gasteiger partial charge in [-0.25, -0.2) is 10.1 Å². The van der Waals surface area contributed by atoms with E-state index in [-0.39, 0.29) is 17.6 Å². The molecule has 0 aromatic carbocycles. The number of rotatable bonds is 2. The van der Waals surface area contributed by atoms with Crippen molar-refractivity contribution in [3.63, 3.8) is 0 Å². The van der Waals surface area contributed by atoms with Gasteiger partial charge < -0.3 is 10.3 Å². The van der Waals surface area contributed by atoms with Crippen LogP contribution in [0.1, 0.15) is 21.0 Å². The second-order valence-corrected chi connectivity index (χ2v) is 2.77. The van der Waals surface area contributed by atoms with Gasteiger partial charge in [0.2, 0.25) is 0 Å². The predicted octanol–water partition coefficient (Wildman–Crippen LogP) is -2.82. The number of aromatic amines is 1. The Hall–Kier alpha value is -2.31. The Morgan fingerprint density at radius 3 is 2.33 bits per heavy atom. The molecule has 2 amide bonds. The molecule has 0 atom stereocenters. The van der Waals surface area contributed by atoms with E-state index in [1.165, 1.54) is 19.2 Å². The van der Waals surface area contributed by atoms with Gasteiger partial charge >= 0.3 is 11.9 Å². The van der Waals surface area contributed by atoms with E-state index in [4.69, 9.17) is 11.1 Å². The molecule has 0 bridgehead atoms. The van der Waals surface area contributed by atoms with Crippen molar-refractivity contribution in [1.29, 1.82) is 0 Å². The van der Waals surface area contributed by atoms with Crippen LogP contribution in [0.25, 0.3) is 0 Å². The van der Waals surface area contributed by atoms with Gasteiger partial charge in [-0.15, -0.1) is 0 Å². The van der Waals surface area contributed by atoms with Gasteiger partial charge in [0.05, 0.1) is 0 Å². The minimum Gasteiger partial charge on any atom is -0.354 e. The van der Waals surface area contributed by atoms with Crippen LogP contribution in [0.5, 0.6) is 0 Å². The molecule has 80 valence electrons. The van der Waals surface area contributed by atoms with Crippen molar-refractivity contribution in [3.05, 3.63) is 23.5 Å². The van der Waals surface area contributed by atoms with Crippen LogP contribution in [-0.2, 0) is 0 Å². The van der Waals surface area contributed by atoms with Crippen LogP contribution < -0.4 is 21.8 Å². The predicted molar refractivity (Wildman–Crippen MR) is 52.8 cm³/mol. The maximum atomic E-state index is 11.3. The summed E-state index contributed by atoms with van der Waals surface area (Å²) in [7, 11) is 1.49. The summed E-state index contributed by atoms with van der Waals surface area (Å²) in [6.45, 7) is 0. The first-order valence-corrected chi connectivity index (χ1v) is 4.15. The largest absolute Gasteiger partial charge is 0.354 e. The summed E-state index contributed by atoms with van der Waals surface area (Å²) in [6, 6.07) is 2.95. The Morgan fingerprint density at radius 1 is 1.33 bits per heavy atom. The van der Waals surface area contributed by atoms with Gasteiger partial charge in [0.1, 0.15) is 11.4 Å². The summed E-state index contributed by atoms with van der Waals surface area (Å²) in [4.78, 5) is 25.1. The smallest absolute Gasteiger partial charge is 0.346 e. The number of guanidine groups is 1. The molecular formula is C8H12N5O2+. The Kier molecular flexibility index (Phi) is 3.06. The lowest BCUT2D eigenvalue weighted by Gasteiger charge is -1.95. The zero-order valence-corrected chi connectivity index (χ0v) is 8.13. The first-order valence-electron chi connectivity index (χ1n) is 4.15. The number of carbonyl (C=O) groups is 2. The van der Waals surface area contributed by atoms with Crippen molar-refractivity contribution in [1.82, 2.24) is 15.6 Å². The highest BCUT2D eigenvalue weighted by Crippen LogP contribution is 2.01. The maximum absolute atomic E-state index is 11.3. The monoisotopic (exact) mass is 210 g/mol. The molecule has 7 nitrogen and oxygen atoms in total. The molecular weight excluding hydrogens is 198 g/mol. The first kappa shape index (κ1) is 10.8. The van der Waals surface area contributed by atoms with Gasteiger partial charge in [-0.1, -0.05) is 0 Å². The van der Waals surface area contributed by atoms with E-state index in [0.29, 0.717) is 5.69 Å². The number of hydrogen-bond donors (Lipinski definition) is 5. The quantitative estimate of drug-likeness (QED) is 0.267. The van der Waals surface area contributed by atoms with Crippen LogP contribution >= 0.6 is 0 Å². The molecule has 0 aliphatic carbocycles. The fourth-order valence-corrected chi connectivity index (χ4v) is 0.993. The SMILES string of the molecule is CNC(=O)c1ccc(C(=O)NC(N)=[NH2+])[nH]1. The number of aromatic nitrogens is 1. The van der Waals surface area contributed by atoms with Crippen molar-refractivity contribution in [2.75, 3.05) is 7.05 Å². The Morgan fingerprint density at radius 2 is 1.87 bits per heavy atom. The van der Waals surface area contributed by atoms with E-state index in [0.717, 1.165) is 0 Å². The highest BCUT2D eigenvalue weighted by atomic mass is 16.2. The van der Waals surface area contributed by atoms with E-state index in [1.807, 2.05) is 0 Å². The first-order chi connectivity index (χ1) is 7.04. The fraction of sp³-hybridized carbons (Fsp3) is 0.125. The average molecular weight is 210 g/mol.